The van der Waals surface area contributed by atoms with E-state index in [1.807, 2.05) is 0 Å². The molecule has 7 heteroatoms. The molecule has 0 aliphatic rings. The van der Waals surface area contributed by atoms with E-state index < -0.39 is 6.43 Å². The largest absolute Gasteiger partial charge is 0.383 e. The molecule has 14 heavy (non-hydrogen) atoms. The summed E-state index contributed by atoms with van der Waals surface area (Å²) in [6, 6.07) is 0. The second-order valence-corrected chi connectivity index (χ2v) is 2.64. The van der Waals surface area contributed by atoms with Gasteiger partial charge in [0.25, 0.3) is 6.43 Å². The number of nitrogens with zero attached hydrogens (tertiary/aromatic N) is 3. The summed E-state index contributed by atoms with van der Waals surface area (Å²) in [5, 5.41) is 7.13. The van der Waals surface area contributed by atoms with Gasteiger partial charge in [-0.3, -0.25) is 0 Å². The van der Waals surface area contributed by atoms with Gasteiger partial charge in [-0.25, -0.2) is 13.5 Å². The normalized spacial score (nSPS) is 11.2. The summed E-state index contributed by atoms with van der Waals surface area (Å²) in [4.78, 5) is 0. The lowest BCUT2D eigenvalue weighted by atomic mass is 10.3. The monoisotopic (exact) mass is 206 g/mol. The summed E-state index contributed by atoms with van der Waals surface area (Å²) in [5.41, 5.74) is 5.17. The summed E-state index contributed by atoms with van der Waals surface area (Å²) in [5.74, 6) is 0. The van der Waals surface area contributed by atoms with E-state index in [2.05, 4.69) is 10.3 Å². The number of ether oxygens (including phenoxy) is 1. The van der Waals surface area contributed by atoms with Gasteiger partial charge in [-0.05, 0) is 0 Å². The molecule has 1 heterocycles. The van der Waals surface area contributed by atoms with Gasteiger partial charge >= 0.3 is 0 Å². The fraction of sp³-hybridized carbons (Fsp3) is 0.714. The van der Waals surface area contributed by atoms with Crippen molar-refractivity contribution in [2.45, 2.75) is 19.5 Å². The molecule has 0 aliphatic heterocycles. The van der Waals surface area contributed by atoms with Crippen LogP contribution >= 0.6 is 0 Å². The van der Waals surface area contributed by atoms with E-state index in [0.717, 1.165) is 4.68 Å². The van der Waals surface area contributed by atoms with Gasteiger partial charge in [-0.15, -0.1) is 5.10 Å². The van der Waals surface area contributed by atoms with E-state index >= 15 is 0 Å². The van der Waals surface area contributed by atoms with Crippen LogP contribution in [0.15, 0.2) is 0 Å². The third-order valence-electron chi connectivity index (χ3n) is 1.75. The molecule has 0 bridgehead atoms. The van der Waals surface area contributed by atoms with Crippen LogP contribution in [0.3, 0.4) is 0 Å². The minimum atomic E-state index is -2.61. The molecule has 0 aliphatic carbocycles. The Balaban J connectivity index is 2.87. The highest BCUT2D eigenvalue weighted by Gasteiger charge is 2.20. The molecule has 0 atom stereocenters. The number of hydrogen-bond donors (Lipinski definition) is 1. The molecule has 0 unspecified atom stereocenters. The minimum Gasteiger partial charge on any atom is -0.383 e. The molecule has 80 valence electrons. The molecule has 0 saturated heterocycles. The van der Waals surface area contributed by atoms with Crippen LogP contribution in [0.25, 0.3) is 0 Å². The molecule has 0 fully saturated rings. The van der Waals surface area contributed by atoms with Crippen molar-refractivity contribution < 1.29 is 13.5 Å². The van der Waals surface area contributed by atoms with Gasteiger partial charge in [0.2, 0.25) is 0 Å². The molecular formula is C7H12F2N4O. The third kappa shape index (κ3) is 2.24. The molecule has 0 aromatic carbocycles. The van der Waals surface area contributed by atoms with Crippen LogP contribution in [-0.2, 0) is 17.8 Å². The second-order valence-electron chi connectivity index (χ2n) is 2.64. The molecule has 5 nitrogen and oxygen atoms in total. The standard InChI is InChI=1S/C7H12F2N4O/c1-14-3-2-13-6(7(8)9)5(4-10)11-12-13/h7H,2-4,10H2,1H3. The first-order chi connectivity index (χ1) is 6.70. The predicted molar refractivity (Wildman–Crippen MR) is 44.7 cm³/mol. The van der Waals surface area contributed by atoms with Crippen LogP contribution in [0, 0.1) is 0 Å². The van der Waals surface area contributed by atoms with Gasteiger partial charge in [0.05, 0.1) is 13.2 Å². The molecule has 0 amide bonds. The Morgan fingerprint density at radius 2 is 2.29 bits per heavy atom. The fourth-order valence-corrected chi connectivity index (χ4v) is 1.08. The van der Waals surface area contributed by atoms with Crippen molar-refractivity contribution in [1.29, 1.82) is 0 Å². The van der Waals surface area contributed by atoms with Crippen LogP contribution in [-0.4, -0.2) is 28.7 Å². The number of aromatic nitrogens is 3. The van der Waals surface area contributed by atoms with E-state index in [9.17, 15) is 8.78 Å². The van der Waals surface area contributed by atoms with Crippen LogP contribution < -0.4 is 5.73 Å². The van der Waals surface area contributed by atoms with E-state index in [4.69, 9.17) is 10.5 Å². The van der Waals surface area contributed by atoms with E-state index in [1.165, 1.54) is 7.11 Å². The Kier molecular flexibility index (Phi) is 3.90. The first-order valence-electron chi connectivity index (χ1n) is 4.10. The maximum absolute atomic E-state index is 12.5. The summed E-state index contributed by atoms with van der Waals surface area (Å²) in [6.07, 6.45) is -2.61. The Bertz CT molecular complexity index is 289. The van der Waals surface area contributed by atoms with E-state index in [0.29, 0.717) is 6.61 Å². The van der Waals surface area contributed by atoms with Crippen molar-refractivity contribution in [3.05, 3.63) is 11.4 Å². The number of nitrogens with two attached hydrogens (primary N) is 1. The zero-order valence-corrected chi connectivity index (χ0v) is 7.78. The Morgan fingerprint density at radius 3 is 2.79 bits per heavy atom. The molecular weight excluding hydrogens is 194 g/mol. The van der Waals surface area contributed by atoms with Gasteiger partial charge in [0.15, 0.2) is 0 Å². The van der Waals surface area contributed by atoms with Crippen molar-refractivity contribution in [1.82, 2.24) is 15.0 Å². The summed E-state index contributed by atoms with van der Waals surface area (Å²) in [7, 11) is 1.49. The van der Waals surface area contributed by atoms with Crippen LogP contribution in [0.4, 0.5) is 8.78 Å². The minimum absolute atomic E-state index is 0.0351. The predicted octanol–water partition coefficient (Wildman–Crippen LogP) is 0.321. The SMILES string of the molecule is COCCn1nnc(CN)c1C(F)F. The summed E-state index contributed by atoms with van der Waals surface area (Å²) >= 11 is 0. The Morgan fingerprint density at radius 1 is 1.57 bits per heavy atom. The maximum Gasteiger partial charge on any atom is 0.281 e. The zero-order chi connectivity index (χ0) is 10.6. The second kappa shape index (κ2) is 4.97. The summed E-state index contributed by atoms with van der Waals surface area (Å²) < 4.78 is 31.0. The number of halogens is 2. The van der Waals surface area contributed by atoms with Crippen molar-refractivity contribution in [3.8, 4) is 0 Å². The van der Waals surface area contributed by atoms with Crippen molar-refractivity contribution in [2.24, 2.45) is 5.73 Å². The van der Waals surface area contributed by atoms with Crippen LogP contribution in [0.1, 0.15) is 17.8 Å². The van der Waals surface area contributed by atoms with Crippen LogP contribution in [0.2, 0.25) is 0 Å². The van der Waals surface area contributed by atoms with Gasteiger partial charge in [-0.1, -0.05) is 5.21 Å². The quantitative estimate of drug-likeness (QED) is 0.753. The fourth-order valence-electron chi connectivity index (χ4n) is 1.08. The lowest BCUT2D eigenvalue weighted by Gasteiger charge is -2.05. The zero-order valence-electron chi connectivity index (χ0n) is 7.78. The van der Waals surface area contributed by atoms with Gasteiger partial charge in [0.1, 0.15) is 11.4 Å². The average Bonchev–Trinajstić information content (AvgIpc) is 2.57. The highest BCUT2D eigenvalue weighted by atomic mass is 19.3. The first-order valence-corrected chi connectivity index (χ1v) is 4.10. The summed E-state index contributed by atoms with van der Waals surface area (Å²) in [6.45, 7) is 0.531. The molecule has 0 radical (unpaired) electrons. The molecule has 1 aromatic rings. The first kappa shape index (κ1) is 11.0. The van der Waals surface area contributed by atoms with Crippen molar-refractivity contribution in [3.63, 3.8) is 0 Å². The molecule has 1 aromatic heterocycles. The highest BCUT2D eigenvalue weighted by Crippen LogP contribution is 2.20. The topological polar surface area (TPSA) is 66.0 Å². The van der Waals surface area contributed by atoms with E-state index in [-0.39, 0.29) is 24.5 Å². The van der Waals surface area contributed by atoms with Gasteiger partial charge < -0.3 is 10.5 Å². The molecule has 1 rings (SSSR count). The van der Waals surface area contributed by atoms with Crippen molar-refractivity contribution in [2.75, 3.05) is 13.7 Å². The molecule has 0 spiro atoms. The maximum atomic E-state index is 12.5. The Labute approximate surface area is 79.8 Å². The number of rotatable bonds is 5. The lowest BCUT2D eigenvalue weighted by Crippen LogP contribution is -2.11. The molecule has 0 saturated carbocycles. The number of methoxy groups -OCH3 is 1. The molecule has 2 N–H and O–H groups in total. The van der Waals surface area contributed by atoms with Crippen LogP contribution in [0.5, 0.6) is 0 Å². The highest BCUT2D eigenvalue weighted by molar-refractivity contribution is 5.11. The smallest absolute Gasteiger partial charge is 0.281 e. The lowest BCUT2D eigenvalue weighted by molar-refractivity contribution is 0.130. The van der Waals surface area contributed by atoms with E-state index in [1.54, 1.807) is 0 Å². The van der Waals surface area contributed by atoms with Crippen molar-refractivity contribution >= 4 is 0 Å². The third-order valence-corrected chi connectivity index (χ3v) is 1.75. The van der Waals surface area contributed by atoms with Gasteiger partial charge in [-0.2, -0.15) is 0 Å². The van der Waals surface area contributed by atoms with Gasteiger partial charge in [0, 0.05) is 13.7 Å². The Hall–Kier alpha value is -1.08. The number of alkyl halides is 2. The average molecular weight is 206 g/mol. The number of hydrogen-bond acceptors (Lipinski definition) is 4.